The molecule has 0 bridgehead atoms. The fourth-order valence-corrected chi connectivity index (χ4v) is 1.38. The van der Waals surface area contributed by atoms with Gasteiger partial charge in [-0.3, -0.25) is 4.79 Å². The first-order valence-corrected chi connectivity index (χ1v) is 5.69. The number of rotatable bonds is 5. The lowest BCUT2D eigenvalue weighted by Gasteiger charge is -2.11. The highest BCUT2D eigenvalue weighted by Crippen LogP contribution is 2.22. The minimum absolute atomic E-state index is 0.320. The molecule has 98 valence electrons. The van der Waals surface area contributed by atoms with Crippen molar-refractivity contribution in [3.63, 3.8) is 0 Å². The Labute approximate surface area is 110 Å². The Morgan fingerprint density at radius 1 is 1.50 bits per heavy atom. The van der Waals surface area contributed by atoms with Crippen LogP contribution in [0.1, 0.15) is 12.5 Å². The van der Waals surface area contributed by atoms with Crippen LogP contribution in [0.5, 0.6) is 0 Å². The summed E-state index contributed by atoms with van der Waals surface area (Å²) in [5, 5.41) is 11.7. The Balaban J connectivity index is 2.55. The van der Waals surface area contributed by atoms with Crippen molar-refractivity contribution >= 4 is 29.2 Å². The number of hydrogen-bond donors (Lipinski definition) is 2. The summed E-state index contributed by atoms with van der Waals surface area (Å²) in [6, 6.07) is 5.14. The lowest BCUT2D eigenvalue weighted by molar-refractivity contribution is -0.150. The minimum Gasteiger partial charge on any atom is -0.479 e. The zero-order valence-electron chi connectivity index (χ0n) is 10.1. The van der Waals surface area contributed by atoms with Gasteiger partial charge in [0.05, 0.1) is 0 Å². The first kappa shape index (κ1) is 14.5. The SMILES string of the molecule is Cc1c(Cl)cccc1NC(=O)COC(C)C(=O)O. The van der Waals surface area contributed by atoms with Crippen molar-refractivity contribution in [1.82, 2.24) is 0 Å². The molecular weight excluding hydrogens is 258 g/mol. The number of carbonyl (C=O) groups excluding carboxylic acids is 1. The van der Waals surface area contributed by atoms with Crippen LogP contribution >= 0.6 is 11.6 Å². The molecule has 1 amide bonds. The summed E-state index contributed by atoms with van der Waals surface area (Å²) in [5.41, 5.74) is 1.33. The molecule has 0 heterocycles. The topological polar surface area (TPSA) is 75.6 Å². The lowest BCUT2D eigenvalue weighted by atomic mass is 10.2. The summed E-state index contributed by atoms with van der Waals surface area (Å²) in [6.07, 6.45) is -1.02. The van der Waals surface area contributed by atoms with Gasteiger partial charge in [0.1, 0.15) is 6.61 Å². The largest absolute Gasteiger partial charge is 0.479 e. The Bertz CT molecular complexity index is 461. The van der Waals surface area contributed by atoms with E-state index in [1.807, 2.05) is 0 Å². The van der Waals surface area contributed by atoms with Gasteiger partial charge in [0, 0.05) is 10.7 Å². The number of ether oxygens (including phenoxy) is 1. The van der Waals surface area contributed by atoms with E-state index >= 15 is 0 Å². The first-order valence-electron chi connectivity index (χ1n) is 5.31. The predicted molar refractivity (Wildman–Crippen MR) is 67.9 cm³/mol. The number of carbonyl (C=O) groups is 2. The van der Waals surface area contributed by atoms with Gasteiger partial charge in [0.25, 0.3) is 0 Å². The quantitative estimate of drug-likeness (QED) is 0.860. The van der Waals surface area contributed by atoms with Gasteiger partial charge in [-0.05, 0) is 31.5 Å². The molecule has 1 rings (SSSR count). The van der Waals surface area contributed by atoms with Crippen LogP contribution < -0.4 is 5.32 Å². The number of benzene rings is 1. The molecule has 0 radical (unpaired) electrons. The molecular formula is C12H14ClNO4. The van der Waals surface area contributed by atoms with Gasteiger partial charge in [-0.2, -0.15) is 0 Å². The summed E-state index contributed by atoms with van der Waals surface area (Å²) in [7, 11) is 0. The van der Waals surface area contributed by atoms with Crippen molar-refractivity contribution in [2.45, 2.75) is 20.0 Å². The third kappa shape index (κ3) is 4.01. The molecule has 1 aromatic rings. The van der Waals surface area contributed by atoms with Crippen molar-refractivity contribution in [2.75, 3.05) is 11.9 Å². The highest BCUT2D eigenvalue weighted by molar-refractivity contribution is 6.31. The molecule has 1 unspecified atom stereocenters. The maximum absolute atomic E-state index is 11.5. The maximum Gasteiger partial charge on any atom is 0.332 e. The van der Waals surface area contributed by atoms with Crippen LogP contribution in [0.3, 0.4) is 0 Å². The number of carboxylic acids is 1. The third-order valence-electron chi connectivity index (χ3n) is 2.35. The summed E-state index contributed by atoms with van der Waals surface area (Å²) in [4.78, 5) is 22.0. The summed E-state index contributed by atoms with van der Waals surface area (Å²) >= 11 is 5.91. The summed E-state index contributed by atoms with van der Waals surface area (Å²) in [6.45, 7) is 2.82. The van der Waals surface area contributed by atoms with Gasteiger partial charge in [-0.15, -0.1) is 0 Å². The molecule has 2 N–H and O–H groups in total. The number of halogens is 1. The molecule has 5 nitrogen and oxygen atoms in total. The normalized spacial score (nSPS) is 11.9. The van der Waals surface area contributed by atoms with Gasteiger partial charge in [-0.25, -0.2) is 4.79 Å². The zero-order chi connectivity index (χ0) is 13.7. The molecule has 0 saturated heterocycles. The van der Waals surface area contributed by atoms with Gasteiger partial charge in [0.15, 0.2) is 6.10 Å². The highest BCUT2D eigenvalue weighted by Gasteiger charge is 2.13. The van der Waals surface area contributed by atoms with E-state index in [9.17, 15) is 9.59 Å². The summed E-state index contributed by atoms with van der Waals surface area (Å²) in [5.74, 6) is -1.53. The van der Waals surface area contributed by atoms with Crippen LogP contribution in [0.4, 0.5) is 5.69 Å². The van der Waals surface area contributed by atoms with E-state index in [2.05, 4.69) is 5.32 Å². The number of hydrogen-bond acceptors (Lipinski definition) is 3. The van der Waals surface area contributed by atoms with Crippen molar-refractivity contribution in [3.8, 4) is 0 Å². The summed E-state index contributed by atoms with van der Waals surface area (Å²) < 4.78 is 4.86. The standard InChI is InChI=1S/C12H14ClNO4/c1-7-9(13)4-3-5-10(7)14-11(15)6-18-8(2)12(16)17/h3-5,8H,6H2,1-2H3,(H,14,15)(H,16,17). The molecule has 0 aliphatic carbocycles. The van der Waals surface area contributed by atoms with Crippen LogP contribution in [0.15, 0.2) is 18.2 Å². The fourth-order valence-electron chi connectivity index (χ4n) is 1.20. The number of nitrogens with one attached hydrogen (secondary N) is 1. The zero-order valence-corrected chi connectivity index (χ0v) is 10.8. The van der Waals surface area contributed by atoms with Gasteiger partial charge >= 0.3 is 5.97 Å². The average molecular weight is 272 g/mol. The van der Waals surface area contributed by atoms with Crippen LogP contribution in [-0.4, -0.2) is 29.7 Å². The minimum atomic E-state index is -1.11. The lowest BCUT2D eigenvalue weighted by Crippen LogP contribution is -2.26. The molecule has 1 atom stereocenters. The Morgan fingerprint density at radius 2 is 2.17 bits per heavy atom. The predicted octanol–water partition coefficient (Wildman–Crippen LogP) is 2.08. The molecule has 0 aliphatic heterocycles. The molecule has 18 heavy (non-hydrogen) atoms. The monoisotopic (exact) mass is 271 g/mol. The maximum atomic E-state index is 11.5. The molecule has 0 spiro atoms. The number of carboxylic acid groups (broad SMARTS) is 1. The van der Waals surface area contributed by atoms with E-state index in [4.69, 9.17) is 21.4 Å². The molecule has 0 aliphatic rings. The number of aliphatic carboxylic acids is 1. The third-order valence-corrected chi connectivity index (χ3v) is 2.76. The molecule has 0 saturated carbocycles. The van der Waals surface area contributed by atoms with E-state index < -0.39 is 18.0 Å². The van der Waals surface area contributed by atoms with E-state index in [-0.39, 0.29) is 6.61 Å². The van der Waals surface area contributed by atoms with E-state index in [0.29, 0.717) is 10.7 Å². The van der Waals surface area contributed by atoms with E-state index in [0.717, 1.165) is 5.56 Å². The second-order valence-corrected chi connectivity index (χ2v) is 4.16. The molecule has 1 aromatic carbocycles. The Kier molecular flexibility index (Phi) is 5.12. The first-order chi connectivity index (χ1) is 8.41. The van der Waals surface area contributed by atoms with Crippen molar-refractivity contribution in [1.29, 1.82) is 0 Å². The van der Waals surface area contributed by atoms with E-state index in [1.54, 1.807) is 25.1 Å². The number of anilines is 1. The van der Waals surface area contributed by atoms with Gasteiger partial charge < -0.3 is 15.2 Å². The van der Waals surface area contributed by atoms with Crippen LogP contribution in [-0.2, 0) is 14.3 Å². The second-order valence-electron chi connectivity index (χ2n) is 3.75. The molecule has 0 fully saturated rings. The molecule has 0 aromatic heterocycles. The van der Waals surface area contributed by atoms with Crippen LogP contribution in [0.2, 0.25) is 5.02 Å². The van der Waals surface area contributed by atoms with Crippen molar-refractivity contribution in [2.24, 2.45) is 0 Å². The average Bonchev–Trinajstić information content (AvgIpc) is 2.32. The highest BCUT2D eigenvalue weighted by atomic mass is 35.5. The number of amides is 1. The van der Waals surface area contributed by atoms with Crippen molar-refractivity contribution < 1.29 is 19.4 Å². The van der Waals surface area contributed by atoms with Gasteiger partial charge in [-0.1, -0.05) is 17.7 Å². The smallest absolute Gasteiger partial charge is 0.332 e. The Morgan fingerprint density at radius 3 is 2.78 bits per heavy atom. The van der Waals surface area contributed by atoms with Crippen molar-refractivity contribution in [3.05, 3.63) is 28.8 Å². The second kappa shape index (κ2) is 6.37. The fraction of sp³-hybridized carbons (Fsp3) is 0.333. The van der Waals surface area contributed by atoms with Crippen LogP contribution in [0, 0.1) is 6.92 Å². The molecule has 6 heteroatoms. The van der Waals surface area contributed by atoms with E-state index in [1.165, 1.54) is 6.92 Å². The van der Waals surface area contributed by atoms with Crippen LogP contribution in [0.25, 0.3) is 0 Å². The Hall–Kier alpha value is -1.59. The van der Waals surface area contributed by atoms with Gasteiger partial charge in [0.2, 0.25) is 5.91 Å².